The lowest BCUT2D eigenvalue weighted by Gasteiger charge is -2.26. The van der Waals surface area contributed by atoms with Crippen LogP contribution in [-0.4, -0.2) is 59.5 Å². The predicted molar refractivity (Wildman–Crippen MR) is 71.0 cm³/mol. The summed E-state index contributed by atoms with van der Waals surface area (Å²) in [5, 5.41) is 14.3. The van der Waals surface area contributed by atoms with Gasteiger partial charge in [0.1, 0.15) is 6.04 Å². The van der Waals surface area contributed by atoms with Crippen LogP contribution in [0.25, 0.3) is 0 Å². The van der Waals surface area contributed by atoms with Gasteiger partial charge < -0.3 is 20.6 Å². The highest BCUT2D eigenvalue weighted by molar-refractivity contribution is 5.90. The Balaban J connectivity index is 1.87. The third-order valence-electron chi connectivity index (χ3n) is 3.84. The average molecular weight is 283 g/mol. The number of carbonyl (C=O) groups is 3. The third-order valence-corrected chi connectivity index (χ3v) is 3.84. The Kier molecular flexibility index (Phi) is 4.94. The van der Waals surface area contributed by atoms with E-state index in [4.69, 9.17) is 5.11 Å². The maximum Gasteiger partial charge on any atom is 0.305 e. The molecule has 2 fully saturated rings. The van der Waals surface area contributed by atoms with E-state index in [1.165, 1.54) is 0 Å². The van der Waals surface area contributed by atoms with E-state index < -0.39 is 12.0 Å². The number of hydrogen-bond donors (Lipinski definition) is 3. The Bertz CT molecular complexity index is 393. The van der Waals surface area contributed by atoms with Gasteiger partial charge in [0.2, 0.25) is 11.8 Å². The summed E-state index contributed by atoms with van der Waals surface area (Å²) < 4.78 is 0. The van der Waals surface area contributed by atoms with E-state index in [9.17, 15) is 14.4 Å². The molecule has 7 heteroatoms. The standard InChI is InChI=1S/C13H21N3O4/c17-11(18)5-7-15-12(19)10-4-2-8-16(10)13(20)9-3-1-6-14-9/h9-10,14H,1-8H2,(H,15,19)(H,17,18)/t9-,10-/m0/s1. The SMILES string of the molecule is O=C(O)CCNC(=O)[C@@H]1CCCN1C(=O)[C@@H]1CCCN1. The first-order chi connectivity index (χ1) is 9.59. The second kappa shape index (κ2) is 6.69. The number of nitrogens with zero attached hydrogens (tertiary/aromatic N) is 1. The maximum atomic E-state index is 12.3. The van der Waals surface area contributed by atoms with Crippen molar-refractivity contribution < 1.29 is 19.5 Å². The van der Waals surface area contributed by atoms with E-state index in [1.54, 1.807) is 4.90 Å². The van der Waals surface area contributed by atoms with Crippen molar-refractivity contribution in [1.82, 2.24) is 15.5 Å². The van der Waals surface area contributed by atoms with E-state index in [0.29, 0.717) is 13.0 Å². The smallest absolute Gasteiger partial charge is 0.305 e. The van der Waals surface area contributed by atoms with Crippen LogP contribution in [0.5, 0.6) is 0 Å². The molecule has 0 aromatic rings. The van der Waals surface area contributed by atoms with Crippen LogP contribution in [0.2, 0.25) is 0 Å². The highest BCUT2D eigenvalue weighted by Gasteiger charge is 2.37. The molecule has 2 heterocycles. The topological polar surface area (TPSA) is 98.7 Å². The van der Waals surface area contributed by atoms with Gasteiger partial charge in [-0.3, -0.25) is 14.4 Å². The van der Waals surface area contributed by atoms with Crippen molar-refractivity contribution in [1.29, 1.82) is 0 Å². The van der Waals surface area contributed by atoms with E-state index in [2.05, 4.69) is 10.6 Å². The molecule has 2 rings (SSSR count). The summed E-state index contributed by atoms with van der Waals surface area (Å²) in [6.07, 6.45) is 3.17. The molecule has 0 spiro atoms. The van der Waals surface area contributed by atoms with Gasteiger partial charge in [0.15, 0.2) is 0 Å². The first kappa shape index (κ1) is 14.8. The van der Waals surface area contributed by atoms with Crippen LogP contribution >= 0.6 is 0 Å². The molecule has 3 N–H and O–H groups in total. The van der Waals surface area contributed by atoms with Gasteiger partial charge >= 0.3 is 5.97 Å². The summed E-state index contributed by atoms with van der Waals surface area (Å²) in [7, 11) is 0. The van der Waals surface area contributed by atoms with Gasteiger partial charge in [-0.05, 0) is 32.2 Å². The molecule has 0 unspecified atom stereocenters. The summed E-state index contributed by atoms with van der Waals surface area (Å²) in [4.78, 5) is 36.4. The van der Waals surface area contributed by atoms with Crippen LogP contribution in [0.1, 0.15) is 32.1 Å². The first-order valence-corrected chi connectivity index (χ1v) is 7.13. The van der Waals surface area contributed by atoms with Crippen LogP contribution in [0, 0.1) is 0 Å². The highest BCUT2D eigenvalue weighted by atomic mass is 16.4. The molecule has 0 radical (unpaired) electrons. The van der Waals surface area contributed by atoms with Crippen molar-refractivity contribution in [2.75, 3.05) is 19.6 Å². The summed E-state index contributed by atoms with van der Waals surface area (Å²) in [6, 6.07) is -0.610. The van der Waals surface area contributed by atoms with E-state index in [0.717, 1.165) is 25.8 Å². The molecule has 0 aromatic heterocycles. The fraction of sp³-hybridized carbons (Fsp3) is 0.769. The number of rotatable bonds is 5. The largest absolute Gasteiger partial charge is 0.481 e. The maximum absolute atomic E-state index is 12.3. The molecular formula is C13H21N3O4. The van der Waals surface area contributed by atoms with Crippen LogP contribution < -0.4 is 10.6 Å². The van der Waals surface area contributed by atoms with Crippen LogP contribution in [0.3, 0.4) is 0 Å². The molecule has 20 heavy (non-hydrogen) atoms. The number of carboxylic acid groups (broad SMARTS) is 1. The lowest BCUT2D eigenvalue weighted by atomic mass is 10.1. The van der Waals surface area contributed by atoms with Gasteiger partial charge in [-0.2, -0.15) is 0 Å². The number of amides is 2. The first-order valence-electron chi connectivity index (χ1n) is 7.13. The number of aliphatic carboxylic acids is 1. The van der Waals surface area contributed by atoms with Crippen molar-refractivity contribution in [2.45, 2.75) is 44.2 Å². The fourth-order valence-corrected chi connectivity index (χ4v) is 2.81. The molecule has 2 amide bonds. The number of likely N-dealkylation sites (tertiary alicyclic amines) is 1. The minimum Gasteiger partial charge on any atom is -0.481 e. The number of nitrogens with one attached hydrogen (secondary N) is 2. The Labute approximate surface area is 117 Å². The summed E-state index contributed by atoms with van der Waals surface area (Å²) in [5.74, 6) is -1.19. The van der Waals surface area contributed by atoms with Crippen molar-refractivity contribution in [3.8, 4) is 0 Å². The molecule has 0 bridgehead atoms. The lowest BCUT2D eigenvalue weighted by molar-refractivity contribution is -0.140. The molecular weight excluding hydrogens is 262 g/mol. The third kappa shape index (κ3) is 3.47. The summed E-state index contributed by atoms with van der Waals surface area (Å²) in [5.41, 5.74) is 0. The lowest BCUT2D eigenvalue weighted by Crippen LogP contribution is -2.51. The van der Waals surface area contributed by atoms with Gasteiger partial charge in [-0.15, -0.1) is 0 Å². The van der Waals surface area contributed by atoms with Crippen LogP contribution in [-0.2, 0) is 14.4 Å². The zero-order chi connectivity index (χ0) is 14.5. The normalized spacial score (nSPS) is 25.7. The molecule has 7 nitrogen and oxygen atoms in total. The Morgan fingerprint density at radius 2 is 2.05 bits per heavy atom. The minimum atomic E-state index is -0.945. The van der Waals surface area contributed by atoms with Gasteiger partial charge in [0, 0.05) is 13.1 Å². The minimum absolute atomic E-state index is 0.00150. The number of carbonyl (C=O) groups excluding carboxylic acids is 2. The molecule has 2 atom stereocenters. The summed E-state index contributed by atoms with van der Waals surface area (Å²) in [6.45, 7) is 1.56. The Morgan fingerprint density at radius 3 is 2.70 bits per heavy atom. The van der Waals surface area contributed by atoms with Crippen molar-refractivity contribution in [3.63, 3.8) is 0 Å². The van der Waals surface area contributed by atoms with Gasteiger partial charge in [-0.25, -0.2) is 0 Å². The molecule has 2 saturated heterocycles. The second-order valence-corrected chi connectivity index (χ2v) is 5.27. The van der Waals surface area contributed by atoms with Crippen LogP contribution in [0.4, 0.5) is 0 Å². The number of hydrogen-bond acceptors (Lipinski definition) is 4. The Hall–Kier alpha value is -1.63. The monoisotopic (exact) mass is 283 g/mol. The molecule has 2 aliphatic heterocycles. The fourth-order valence-electron chi connectivity index (χ4n) is 2.81. The van der Waals surface area contributed by atoms with Crippen molar-refractivity contribution >= 4 is 17.8 Å². The van der Waals surface area contributed by atoms with Gasteiger partial charge in [0.25, 0.3) is 0 Å². The molecule has 0 aromatic carbocycles. The predicted octanol–water partition coefficient (Wildman–Crippen LogP) is -0.680. The zero-order valence-electron chi connectivity index (χ0n) is 11.4. The second-order valence-electron chi connectivity index (χ2n) is 5.27. The molecule has 2 aliphatic rings. The molecule has 0 saturated carbocycles. The van der Waals surface area contributed by atoms with Crippen molar-refractivity contribution in [2.24, 2.45) is 0 Å². The molecule has 0 aliphatic carbocycles. The van der Waals surface area contributed by atoms with Crippen LogP contribution in [0.15, 0.2) is 0 Å². The van der Waals surface area contributed by atoms with E-state index in [1.807, 2.05) is 0 Å². The average Bonchev–Trinajstić information content (AvgIpc) is 3.08. The summed E-state index contributed by atoms with van der Waals surface area (Å²) >= 11 is 0. The van der Waals surface area contributed by atoms with Gasteiger partial charge in [0.05, 0.1) is 12.5 Å². The van der Waals surface area contributed by atoms with E-state index >= 15 is 0 Å². The highest BCUT2D eigenvalue weighted by Crippen LogP contribution is 2.20. The number of carboxylic acids is 1. The Morgan fingerprint density at radius 1 is 1.25 bits per heavy atom. The van der Waals surface area contributed by atoms with Gasteiger partial charge in [-0.1, -0.05) is 0 Å². The quantitative estimate of drug-likeness (QED) is 0.621. The van der Waals surface area contributed by atoms with E-state index in [-0.39, 0.29) is 30.8 Å². The van der Waals surface area contributed by atoms with Crippen molar-refractivity contribution in [3.05, 3.63) is 0 Å². The zero-order valence-corrected chi connectivity index (χ0v) is 11.4. The molecule has 112 valence electrons.